The predicted octanol–water partition coefficient (Wildman–Crippen LogP) is 2.21. The summed E-state index contributed by atoms with van der Waals surface area (Å²) in [5.74, 6) is -0.374. The van der Waals surface area contributed by atoms with Gasteiger partial charge < -0.3 is 16.0 Å². The molecule has 1 unspecified atom stereocenters. The lowest BCUT2D eigenvalue weighted by Crippen LogP contribution is -2.34. The Morgan fingerprint density at radius 1 is 1.25 bits per heavy atom. The SMILES string of the molecule is CN(C)C(CNC(=O)c1ccc(N)c([N+](=O)[O-])c1)c1ccccc1. The first kappa shape index (κ1) is 17.4. The molecule has 0 aliphatic carbocycles. The van der Waals surface area contributed by atoms with E-state index < -0.39 is 4.92 Å². The van der Waals surface area contributed by atoms with Crippen molar-refractivity contribution in [2.75, 3.05) is 26.4 Å². The second-order valence-electron chi connectivity index (χ2n) is 5.63. The van der Waals surface area contributed by atoms with E-state index in [1.807, 2.05) is 49.3 Å². The number of likely N-dealkylation sites (N-methyl/N-ethyl adjacent to an activating group) is 1. The van der Waals surface area contributed by atoms with Gasteiger partial charge in [0.25, 0.3) is 11.6 Å². The minimum absolute atomic E-state index is 0.00100. The smallest absolute Gasteiger partial charge is 0.292 e. The summed E-state index contributed by atoms with van der Waals surface area (Å²) < 4.78 is 0. The van der Waals surface area contributed by atoms with E-state index in [0.29, 0.717) is 6.54 Å². The Morgan fingerprint density at radius 2 is 1.92 bits per heavy atom. The lowest BCUT2D eigenvalue weighted by molar-refractivity contribution is -0.383. The van der Waals surface area contributed by atoms with E-state index in [-0.39, 0.29) is 28.9 Å². The molecule has 1 atom stereocenters. The molecule has 2 aromatic rings. The van der Waals surface area contributed by atoms with Crippen LogP contribution in [0, 0.1) is 10.1 Å². The number of nitro benzene ring substituents is 1. The first-order valence-electron chi connectivity index (χ1n) is 7.43. The third kappa shape index (κ3) is 4.08. The Bertz CT molecular complexity index is 732. The number of rotatable bonds is 6. The average Bonchev–Trinajstić information content (AvgIpc) is 2.55. The highest BCUT2D eigenvalue weighted by atomic mass is 16.6. The number of anilines is 1. The number of hydrogen-bond acceptors (Lipinski definition) is 5. The Labute approximate surface area is 140 Å². The molecular formula is C17H20N4O3. The standard InChI is InChI=1S/C17H20N4O3/c1-20(2)16(12-6-4-3-5-7-12)11-19-17(22)13-8-9-14(18)15(10-13)21(23)24/h3-10,16H,11,18H2,1-2H3,(H,19,22). The molecule has 1 amide bonds. The van der Waals surface area contributed by atoms with Crippen molar-refractivity contribution in [3.05, 3.63) is 69.8 Å². The zero-order chi connectivity index (χ0) is 17.7. The number of nitrogens with zero attached hydrogens (tertiary/aromatic N) is 2. The third-order valence-electron chi connectivity index (χ3n) is 3.75. The number of hydrogen-bond donors (Lipinski definition) is 2. The van der Waals surface area contributed by atoms with Crippen molar-refractivity contribution in [1.82, 2.24) is 10.2 Å². The molecule has 0 bridgehead atoms. The molecular weight excluding hydrogens is 308 g/mol. The Kier molecular flexibility index (Phi) is 5.49. The second-order valence-corrected chi connectivity index (χ2v) is 5.63. The highest BCUT2D eigenvalue weighted by Gasteiger charge is 2.18. The minimum Gasteiger partial charge on any atom is -0.393 e. The van der Waals surface area contributed by atoms with Crippen molar-refractivity contribution >= 4 is 17.3 Å². The van der Waals surface area contributed by atoms with E-state index in [1.165, 1.54) is 18.2 Å². The molecule has 126 valence electrons. The van der Waals surface area contributed by atoms with Gasteiger partial charge in [-0.25, -0.2) is 0 Å². The molecule has 0 fully saturated rings. The van der Waals surface area contributed by atoms with Crippen LogP contribution in [0.25, 0.3) is 0 Å². The van der Waals surface area contributed by atoms with Gasteiger partial charge in [0, 0.05) is 18.2 Å². The third-order valence-corrected chi connectivity index (χ3v) is 3.75. The molecule has 2 aromatic carbocycles. The minimum atomic E-state index is -0.599. The Hall–Kier alpha value is -2.93. The molecule has 0 radical (unpaired) electrons. The largest absolute Gasteiger partial charge is 0.393 e. The highest BCUT2D eigenvalue weighted by molar-refractivity contribution is 5.95. The summed E-state index contributed by atoms with van der Waals surface area (Å²) in [5, 5.41) is 13.7. The summed E-state index contributed by atoms with van der Waals surface area (Å²) in [6.07, 6.45) is 0. The van der Waals surface area contributed by atoms with Gasteiger partial charge in [-0.2, -0.15) is 0 Å². The zero-order valence-electron chi connectivity index (χ0n) is 13.6. The van der Waals surface area contributed by atoms with Gasteiger partial charge in [0.15, 0.2) is 0 Å². The van der Waals surface area contributed by atoms with Crippen LogP contribution in [0.3, 0.4) is 0 Å². The van der Waals surface area contributed by atoms with Crippen LogP contribution in [-0.4, -0.2) is 36.4 Å². The monoisotopic (exact) mass is 328 g/mol. The molecule has 7 nitrogen and oxygen atoms in total. The maximum absolute atomic E-state index is 12.3. The molecule has 24 heavy (non-hydrogen) atoms. The van der Waals surface area contributed by atoms with Gasteiger partial charge in [0.2, 0.25) is 0 Å². The van der Waals surface area contributed by atoms with Crippen molar-refractivity contribution in [2.24, 2.45) is 0 Å². The van der Waals surface area contributed by atoms with Crippen LogP contribution in [0.4, 0.5) is 11.4 Å². The lowest BCUT2D eigenvalue weighted by atomic mass is 10.1. The van der Waals surface area contributed by atoms with E-state index in [4.69, 9.17) is 5.73 Å². The summed E-state index contributed by atoms with van der Waals surface area (Å²) in [6.45, 7) is 0.383. The number of carbonyl (C=O) groups excluding carboxylic acids is 1. The first-order chi connectivity index (χ1) is 11.4. The van der Waals surface area contributed by atoms with Gasteiger partial charge in [0.1, 0.15) is 5.69 Å². The van der Waals surface area contributed by atoms with E-state index >= 15 is 0 Å². The fraction of sp³-hybridized carbons (Fsp3) is 0.235. The average molecular weight is 328 g/mol. The summed E-state index contributed by atoms with van der Waals surface area (Å²) in [6, 6.07) is 13.8. The van der Waals surface area contributed by atoms with Gasteiger partial charge >= 0.3 is 0 Å². The molecule has 3 N–H and O–H groups in total. The van der Waals surface area contributed by atoms with Crippen molar-refractivity contribution in [3.8, 4) is 0 Å². The molecule has 0 saturated heterocycles. The summed E-state index contributed by atoms with van der Waals surface area (Å²) >= 11 is 0. The second kappa shape index (κ2) is 7.56. The molecule has 0 aliphatic rings. The van der Waals surface area contributed by atoms with Gasteiger partial charge in [0.05, 0.1) is 11.0 Å². The fourth-order valence-corrected chi connectivity index (χ4v) is 2.41. The summed E-state index contributed by atoms with van der Waals surface area (Å²) in [5.41, 5.74) is 6.60. The zero-order valence-corrected chi connectivity index (χ0v) is 13.6. The van der Waals surface area contributed by atoms with Crippen molar-refractivity contribution in [2.45, 2.75) is 6.04 Å². The number of nitro groups is 1. The number of benzene rings is 2. The van der Waals surface area contributed by atoms with Crippen molar-refractivity contribution in [3.63, 3.8) is 0 Å². The molecule has 0 heterocycles. The molecule has 0 aromatic heterocycles. The van der Waals surface area contributed by atoms with Crippen LogP contribution >= 0.6 is 0 Å². The van der Waals surface area contributed by atoms with Gasteiger partial charge in [-0.15, -0.1) is 0 Å². The molecule has 0 saturated carbocycles. The predicted molar refractivity (Wildman–Crippen MR) is 92.7 cm³/mol. The molecule has 7 heteroatoms. The molecule has 2 rings (SSSR count). The topological polar surface area (TPSA) is 102 Å². The van der Waals surface area contributed by atoms with Crippen molar-refractivity contribution in [1.29, 1.82) is 0 Å². The Morgan fingerprint density at radius 3 is 2.50 bits per heavy atom. The Balaban J connectivity index is 2.12. The van der Waals surface area contributed by atoms with Crippen LogP contribution in [0.5, 0.6) is 0 Å². The quantitative estimate of drug-likeness (QED) is 0.481. The van der Waals surface area contributed by atoms with E-state index in [9.17, 15) is 14.9 Å². The number of nitrogens with one attached hydrogen (secondary N) is 1. The maximum Gasteiger partial charge on any atom is 0.292 e. The normalized spacial score (nSPS) is 12.0. The highest BCUT2D eigenvalue weighted by Crippen LogP contribution is 2.22. The number of nitrogen functional groups attached to an aromatic ring is 1. The van der Waals surface area contributed by atoms with Crippen molar-refractivity contribution < 1.29 is 9.72 Å². The summed E-state index contributed by atoms with van der Waals surface area (Å²) in [7, 11) is 3.86. The summed E-state index contributed by atoms with van der Waals surface area (Å²) in [4.78, 5) is 24.6. The van der Waals surface area contributed by atoms with Crippen LogP contribution in [0.15, 0.2) is 48.5 Å². The van der Waals surface area contributed by atoms with Gasteiger partial charge in [-0.05, 0) is 31.8 Å². The maximum atomic E-state index is 12.3. The van der Waals surface area contributed by atoms with Crippen LogP contribution < -0.4 is 11.1 Å². The van der Waals surface area contributed by atoms with E-state index in [0.717, 1.165) is 5.56 Å². The molecule has 0 aliphatic heterocycles. The van der Waals surface area contributed by atoms with Gasteiger partial charge in [-0.3, -0.25) is 14.9 Å². The van der Waals surface area contributed by atoms with E-state index in [2.05, 4.69) is 5.32 Å². The lowest BCUT2D eigenvalue weighted by Gasteiger charge is -2.25. The number of amides is 1. The number of nitrogens with two attached hydrogens (primary N) is 1. The number of carbonyl (C=O) groups is 1. The molecule has 0 spiro atoms. The van der Waals surface area contributed by atoms with Crippen LogP contribution in [0.1, 0.15) is 22.0 Å². The van der Waals surface area contributed by atoms with Crippen LogP contribution in [0.2, 0.25) is 0 Å². The van der Waals surface area contributed by atoms with Gasteiger partial charge in [-0.1, -0.05) is 30.3 Å². The van der Waals surface area contributed by atoms with Crippen LogP contribution in [-0.2, 0) is 0 Å². The van der Waals surface area contributed by atoms with E-state index in [1.54, 1.807) is 0 Å². The fourth-order valence-electron chi connectivity index (χ4n) is 2.41. The first-order valence-corrected chi connectivity index (χ1v) is 7.43.